The largest absolute Gasteiger partial charge is 0.493 e. The molecule has 0 spiro atoms. The SMILES string of the molecule is CCOc1c(Cl)cc(/C=C2\C(=O)NC(=O)N(c3ccc(C)c(C)c3)C2=O)cc1OC. The number of barbiturate groups is 1. The summed E-state index contributed by atoms with van der Waals surface area (Å²) < 4.78 is 10.8. The van der Waals surface area contributed by atoms with Gasteiger partial charge >= 0.3 is 6.03 Å². The number of aryl methyl sites for hydroxylation is 2. The molecule has 0 saturated carbocycles. The number of benzene rings is 2. The van der Waals surface area contributed by atoms with Crippen molar-refractivity contribution in [2.24, 2.45) is 0 Å². The van der Waals surface area contributed by atoms with E-state index in [9.17, 15) is 14.4 Å². The van der Waals surface area contributed by atoms with Gasteiger partial charge in [0.2, 0.25) is 0 Å². The third kappa shape index (κ3) is 4.02. The number of nitrogens with zero attached hydrogens (tertiary/aromatic N) is 1. The molecule has 0 radical (unpaired) electrons. The van der Waals surface area contributed by atoms with E-state index in [0.29, 0.717) is 29.4 Å². The lowest BCUT2D eigenvalue weighted by Crippen LogP contribution is -2.54. The van der Waals surface area contributed by atoms with Crippen LogP contribution in [0.4, 0.5) is 10.5 Å². The number of amides is 4. The number of hydrogen-bond donors (Lipinski definition) is 1. The van der Waals surface area contributed by atoms with Crippen LogP contribution in [0.3, 0.4) is 0 Å². The van der Waals surface area contributed by atoms with E-state index in [0.717, 1.165) is 16.0 Å². The average molecular weight is 429 g/mol. The second-order valence-electron chi connectivity index (χ2n) is 6.69. The molecule has 1 aliphatic rings. The third-order valence-corrected chi connectivity index (χ3v) is 4.98. The minimum atomic E-state index is -0.798. The Morgan fingerprint density at radius 3 is 2.47 bits per heavy atom. The Hall–Kier alpha value is -3.32. The van der Waals surface area contributed by atoms with Gasteiger partial charge in [0.15, 0.2) is 11.5 Å². The number of carbonyl (C=O) groups is 3. The Kier molecular flexibility index (Phi) is 6.12. The van der Waals surface area contributed by atoms with Crippen molar-refractivity contribution < 1.29 is 23.9 Å². The quantitative estimate of drug-likeness (QED) is 0.574. The van der Waals surface area contributed by atoms with Gasteiger partial charge < -0.3 is 9.47 Å². The zero-order valence-corrected chi connectivity index (χ0v) is 17.8. The van der Waals surface area contributed by atoms with E-state index in [-0.39, 0.29) is 10.6 Å². The number of methoxy groups -OCH3 is 1. The molecule has 1 fully saturated rings. The van der Waals surface area contributed by atoms with Crippen LogP contribution in [0.5, 0.6) is 11.5 Å². The molecule has 1 saturated heterocycles. The van der Waals surface area contributed by atoms with Crippen molar-refractivity contribution in [3.63, 3.8) is 0 Å². The number of anilines is 1. The molecule has 7 nitrogen and oxygen atoms in total. The first kappa shape index (κ1) is 21.4. The Labute approximate surface area is 179 Å². The van der Waals surface area contributed by atoms with Crippen molar-refractivity contribution in [3.8, 4) is 11.5 Å². The van der Waals surface area contributed by atoms with Gasteiger partial charge in [0.25, 0.3) is 11.8 Å². The van der Waals surface area contributed by atoms with Crippen LogP contribution in [0.25, 0.3) is 6.08 Å². The summed E-state index contributed by atoms with van der Waals surface area (Å²) in [6.45, 7) is 6.01. The summed E-state index contributed by atoms with van der Waals surface area (Å²) in [5.74, 6) is -0.776. The number of imide groups is 2. The monoisotopic (exact) mass is 428 g/mol. The summed E-state index contributed by atoms with van der Waals surface area (Å²) in [5.41, 5.74) is 2.56. The molecule has 0 bridgehead atoms. The van der Waals surface area contributed by atoms with Crippen LogP contribution in [0, 0.1) is 13.8 Å². The van der Waals surface area contributed by atoms with Crippen LogP contribution in [0.15, 0.2) is 35.9 Å². The molecule has 1 N–H and O–H groups in total. The summed E-state index contributed by atoms with van der Waals surface area (Å²) in [5, 5.41) is 2.48. The number of hydrogen-bond acceptors (Lipinski definition) is 5. The van der Waals surface area contributed by atoms with E-state index in [1.807, 2.05) is 26.8 Å². The smallest absolute Gasteiger partial charge is 0.335 e. The molecule has 30 heavy (non-hydrogen) atoms. The predicted octanol–water partition coefficient (Wildman–Crippen LogP) is 4.03. The fourth-order valence-electron chi connectivity index (χ4n) is 3.03. The Bertz CT molecular complexity index is 1080. The molecule has 0 atom stereocenters. The second-order valence-corrected chi connectivity index (χ2v) is 7.10. The van der Waals surface area contributed by atoms with E-state index in [1.165, 1.54) is 13.2 Å². The maximum atomic E-state index is 13.0. The van der Waals surface area contributed by atoms with Gasteiger partial charge in [0.05, 0.1) is 24.4 Å². The topological polar surface area (TPSA) is 84.9 Å². The predicted molar refractivity (Wildman–Crippen MR) is 114 cm³/mol. The molecule has 1 heterocycles. The fourth-order valence-corrected chi connectivity index (χ4v) is 3.30. The molecular formula is C22H21ClN2O5. The number of rotatable bonds is 5. The highest BCUT2D eigenvalue weighted by Crippen LogP contribution is 2.37. The fraction of sp³-hybridized carbons (Fsp3) is 0.227. The average Bonchev–Trinajstić information content (AvgIpc) is 2.69. The number of carbonyl (C=O) groups excluding carboxylic acids is 3. The maximum absolute atomic E-state index is 13.0. The highest BCUT2D eigenvalue weighted by molar-refractivity contribution is 6.39. The Morgan fingerprint density at radius 1 is 1.10 bits per heavy atom. The van der Waals surface area contributed by atoms with Gasteiger partial charge in [-0.15, -0.1) is 0 Å². The maximum Gasteiger partial charge on any atom is 0.335 e. The summed E-state index contributed by atoms with van der Waals surface area (Å²) in [6.07, 6.45) is 1.36. The van der Waals surface area contributed by atoms with Crippen molar-refractivity contribution in [2.75, 3.05) is 18.6 Å². The minimum absolute atomic E-state index is 0.199. The Morgan fingerprint density at radius 2 is 1.83 bits per heavy atom. The van der Waals surface area contributed by atoms with Gasteiger partial charge in [-0.2, -0.15) is 0 Å². The highest BCUT2D eigenvalue weighted by atomic mass is 35.5. The molecule has 0 aliphatic carbocycles. The van der Waals surface area contributed by atoms with Crippen molar-refractivity contribution in [2.45, 2.75) is 20.8 Å². The third-order valence-electron chi connectivity index (χ3n) is 4.70. The molecule has 156 valence electrons. The van der Waals surface area contributed by atoms with E-state index in [4.69, 9.17) is 21.1 Å². The molecule has 4 amide bonds. The lowest BCUT2D eigenvalue weighted by Gasteiger charge is -2.27. The molecule has 0 unspecified atom stereocenters. The van der Waals surface area contributed by atoms with E-state index < -0.39 is 17.8 Å². The van der Waals surface area contributed by atoms with E-state index >= 15 is 0 Å². The molecule has 2 aromatic carbocycles. The summed E-state index contributed by atoms with van der Waals surface area (Å²) in [4.78, 5) is 38.7. The van der Waals surface area contributed by atoms with Gasteiger partial charge in [-0.25, -0.2) is 9.69 Å². The van der Waals surface area contributed by atoms with Crippen LogP contribution in [-0.2, 0) is 9.59 Å². The standard InChI is InChI=1S/C22H21ClN2O5/c1-5-30-19-17(23)10-14(11-18(19)29-4)9-16-20(26)24-22(28)25(21(16)27)15-7-6-12(2)13(3)8-15/h6-11H,5H2,1-4H3,(H,24,26,28)/b16-9+. The molecule has 8 heteroatoms. The van der Waals surface area contributed by atoms with Crippen molar-refractivity contribution >= 4 is 41.2 Å². The first-order chi connectivity index (χ1) is 14.3. The molecule has 3 rings (SSSR count). The summed E-state index contributed by atoms with van der Waals surface area (Å²) in [7, 11) is 1.46. The van der Waals surface area contributed by atoms with Gasteiger partial charge in [-0.1, -0.05) is 17.7 Å². The second kappa shape index (κ2) is 8.59. The van der Waals surface area contributed by atoms with Crippen molar-refractivity contribution in [1.82, 2.24) is 5.32 Å². The van der Waals surface area contributed by atoms with Crippen LogP contribution in [0.1, 0.15) is 23.6 Å². The normalized spacial score (nSPS) is 15.4. The zero-order chi connectivity index (χ0) is 22.0. The minimum Gasteiger partial charge on any atom is -0.493 e. The molecule has 0 aromatic heterocycles. The number of urea groups is 1. The number of halogens is 1. The van der Waals surface area contributed by atoms with Crippen LogP contribution in [0.2, 0.25) is 5.02 Å². The highest BCUT2D eigenvalue weighted by Gasteiger charge is 2.37. The summed E-state index contributed by atoms with van der Waals surface area (Å²) >= 11 is 6.28. The number of ether oxygens (including phenoxy) is 2. The molecule has 1 aliphatic heterocycles. The van der Waals surface area contributed by atoms with Gasteiger partial charge in [0, 0.05) is 0 Å². The first-order valence-electron chi connectivity index (χ1n) is 9.25. The van der Waals surface area contributed by atoms with Crippen LogP contribution < -0.4 is 19.7 Å². The first-order valence-corrected chi connectivity index (χ1v) is 9.63. The molecule has 2 aromatic rings. The zero-order valence-electron chi connectivity index (χ0n) is 17.0. The van der Waals surface area contributed by atoms with Gasteiger partial charge in [0.1, 0.15) is 5.57 Å². The summed E-state index contributed by atoms with van der Waals surface area (Å²) in [6, 6.07) is 7.54. The van der Waals surface area contributed by atoms with Crippen LogP contribution in [-0.4, -0.2) is 31.6 Å². The van der Waals surface area contributed by atoms with Crippen LogP contribution >= 0.6 is 11.6 Å². The van der Waals surface area contributed by atoms with E-state index in [2.05, 4.69) is 5.32 Å². The lowest BCUT2D eigenvalue weighted by molar-refractivity contribution is -0.122. The van der Waals surface area contributed by atoms with Crippen molar-refractivity contribution in [1.29, 1.82) is 0 Å². The molecular weight excluding hydrogens is 408 g/mol. The van der Waals surface area contributed by atoms with Gasteiger partial charge in [-0.3, -0.25) is 14.9 Å². The number of nitrogens with one attached hydrogen (secondary N) is 1. The Balaban J connectivity index is 2.04. The van der Waals surface area contributed by atoms with E-state index in [1.54, 1.807) is 24.3 Å². The van der Waals surface area contributed by atoms with Crippen molar-refractivity contribution in [3.05, 3.63) is 57.6 Å². The lowest BCUT2D eigenvalue weighted by atomic mass is 10.0. The van der Waals surface area contributed by atoms with Gasteiger partial charge in [-0.05, 0) is 67.8 Å².